The van der Waals surface area contributed by atoms with Crippen LogP contribution in [0.4, 0.5) is 5.13 Å². The van der Waals surface area contributed by atoms with Crippen LogP contribution in [-0.4, -0.2) is 15.8 Å². The van der Waals surface area contributed by atoms with Crippen LogP contribution in [0.1, 0.15) is 4.88 Å². The van der Waals surface area contributed by atoms with E-state index in [2.05, 4.69) is 14.7 Å². The van der Waals surface area contributed by atoms with Crippen molar-refractivity contribution in [1.29, 1.82) is 0 Å². The molecule has 0 bridgehead atoms. The van der Waals surface area contributed by atoms with Crippen molar-refractivity contribution >= 4 is 62.5 Å². The SMILES string of the molecule is ClCCc1cnc(NSc2c[nH]c3cc(Cl)ccc23)s1. The molecule has 0 radical (unpaired) electrons. The molecule has 3 aromatic rings. The molecule has 0 atom stereocenters. The Hall–Kier alpha value is -0.880. The van der Waals surface area contributed by atoms with Crippen molar-refractivity contribution in [2.45, 2.75) is 11.3 Å². The molecular formula is C13H11Cl2N3S2. The van der Waals surface area contributed by atoms with Crippen LogP contribution in [0, 0.1) is 0 Å². The first kappa shape index (κ1) is 14.1. The van der Waals surface area contributed by atoms with Crippen molar-refractivity contribution in [1.82, 2.24) is 9.97 Å². The number of benzene rings is 1. The molecule has 2 aromatic heterocycles. The van der Waals surface area contributed by atoms with Crippen molar-refractivity contribution in [3.05, 3.63) is 40.5 Å². The van der Waals surface area contributed by atoms with E-state index in [1.54, 1.807) is 11.3 Å². The van der Waals surface area contributed by atoms with Gasteiger partial charge in [0.15, 0.2) is 5.13 Å². The van der Waals surface area contributed by atoms with Crippen LogP contribution in [0.25, 0.3) is 10.9 Å². The van der Waals surface area contributed by atoms with E-state index < -0.39 is 0 Å². The molecule has 0 unspecified atom stereocenters. The number of aryl methyl sites for hydroxylation is 1. The Morgan fingerprint density at radius 3 is 3.15 bits per heavy atom. The molecule has 0 amide bonds. The zero-order chi connectivity index (χ0) is 13.9. The van der Waals surface area contributed by atoms with Gasteiger partial charge < -0.3 is 9.71 Å². The van der Waals surface area contributed by atoms with Gasteiger partial charge in [-0.15, -0.1) is 22.9 Å². The summed E-state index contributed by atoms with van der Waals surface area (Å²) in [4.78, 5) is 9.84. The number of H-pyrrole nitrogens is 1. The van der Waals surface area contributed by atoms with Gasteiger partial charge in [-0.2, -0.15) is 0 Å². The summed E-state index contributed by atoms with van der Waals surface area (Å²) in [5, 5.41) is 2.76. The fraction of sp³-hybridized carbons (Fsp3) is 0.154. The second-order valence-corrected chi connectivity index (χ2v) is 6.90. The van der Waals surface area contributed by atoms with Crippen molar-refractivity contribution in [3.63, 3.8) is 0 Å². The summed E-state index contributed by atoms with van der Waals surface area (Å²) in [5.74, 6) is 0.623. The van der Waals surface area contributed by atoms with E-state index in [1.165, 1.54) is 16.8 Å². The van der Waals surface area contributed by atoms with Gasteiger partial charge >= 0.3 is 0 Å². The minimum atomic E-state index is 0.623. The van der Waals surface area contributed by atoms with Gasteiger partial charge in [0, 0.05) is 39.1 Å². The molecule has 3 rings (SSSR count). The number of nitrogens with one attached hydrogen (secondary N) is 2. The standard InChI is InChI=1S/C13H11Cl2N3S2/c14-4-3-9-6-17-13(19-9)18-20-12-7-16-11-5-8(15)1-2-10(11)12/h1-2,5-7,16H,3-4H2,(H,17,18). The Kier molecular flexibility index (Phi) is 4.41. The maximum absolute atomic E-state index is 5.97. The molecule has 20 heavy (non-hydrogen) atoms. The minimum Gasteiger partial charge on any atom is -0.360 e. The number of aromatic nitrogens is 2. The van der Waals surface area contributed by atoms with E-state index >= 15 is 0 Å². The number of hydrogen-bond donors (Lipinski definition) is 2. The highest BCUT2D eigenvalue weighted by Crippen LogP contribution is 2.31. The number of thiazole rings is 1. The summed E-state index contributed by atoms with van der Waals surface area (Å²) in [5.41, 5.74) is 1.03. The third kappa shape index (κ3) is 3.06. The van der Waals surface area contributed by atoms with Crippen LogP contribution in [0.3, 0.4) is 0 Å². The summed E-state index contributed by atoms with van der Waals surface area (Å²) in [6.07, 6.45) is 4.69. The number of hydrogen-bond acceptors (Lipinski definition) is 4. The molecule has 0 aliphatic rings. The van der Waals surface area contributed by atoms with Crippen molar-refractivity contribution < 1.29 is 0 Å². The lowest BCUT2D eigenvalue weighted by atomic mass is 10.2. The third-order valence-electron chi connectivity index (χ3n) is 2.75. The summed E-state index contributed by atoms with van der Waals surface area (Å²) in [6, 6.07) is 5.83. The number of anilines is 1. The van der Waals surface area contributed by atoms with Gasteiger partial charge in [0.25, 0.3) is 0 Å². The van der Waals surface area contributed by atoms with E-state index in [-0.39, 0.29) is 0 Å². The van der Waals surface area contributed by atoms with Crippen LogP contribution in [-0.2, 0) is 6.42 Å². The van der Waals surface area contributed by atoms with Crippen LogP contribution < -0.4 is 4.72 Å². The van der Waals surface area contributed by atoms with Crippen LogP contribution in [0.5, 0.6) is 0 Å². The lowest BCUT2D eigenvalue weighted by molar-refractivity contribution is 1.18. The molecule has 0 saturated carbocycles. The van der Waals surface area contributed by atoms with E-state index in [0.29, 0.717) is 5.88 Å². The average Bonchev–Trinajstić information content (AvgIpc) is 3.03. The molecular weight excluding hydrogens is 333 g/mol. The topological polar surface area (TPSA) is 40.7 Å². The van der Waals surface area contributed by atoms with E-state index in [1.807, 2.05) is 30.6 Å². The Morgan fingerprint density at radius 2 is 2.30 bits per heavy atom. The van der Waals surface area contributed by atoms with Gasteiger partial charge in [-0.3, -0.25) is 0 Å². The van der Waals surface area contributed by atoms with Gasteiger partial charge in [-0.1, -0.05) is 17.7 Å². The first-order valence-electron chi connectivity index (χ1n) is 5.96. The monoisotopic (exact) mass is 343 g/mol. The molecule has 3 nitrogen and oxygen atoms in total. The van der Waals surface area contributed by atoms with Gasteiger partial charge in [0.05, 0.1) is 4.90 Å². The maximum Gasteiger partial charge on any atom is 0.193 e. The largest absolute Gasteiger partial charge is 0.360 e. The number of fused-ring (bicyclic) bond motifs is 1. The predicted molar refractivity (Wildman–Crippen MR) is 89.3 cm³/mol. The lowest BCUT2D eigenvalue weighted by Gasteiger charge is -2.00. The van der Waals surface area contributed by atoms with Crippen LogP contribution >= 0.6 is 46.5 Å². The van der Waals surface area contributed by atoms with Crippen LogP contribution in [0.2, 0.25) is 5.02 Å². The van der Waals surface area contributed by atoms with Gasteiger partial charge in [0.2, 0.25) is 0 Å². The Balaban J connectivity index is 1.73. The third-order valence-corrected chi connectivity index (χ3v) is 5.13. The average molecular weight is 344 g/mol. The first-order chi connectivity index (χ1) is 9.76. The van der Waals surface area contributed by atoms with E-state index in [9.17, 15) is 0 Å². The molecule has 0 aliphatic heterocycles. The molecule has 0 fully saturated rings. The molecule has 0 aliphatic carbocycles. The number of aromatic amines is 1. The molecule has 1 aromatic carbocycles. The van der Waals surface area contributed by atoms with Gasteiger partial charge in [-0.05, 0) is 30.5 Å². The quantitative estimate of drug-likeness (QED) is 0.495. The maximum atomic E-state index is 5.97. The first-order valence-corrected chi connectivity index (χ1v) is 8.51. The lowest BCUT2D eigenvalue weighted by Crippen LogP contribution is -1.83. The zero-order valence-corrected chi connectivity index (χ0v) is 13.5. The molecule has 104 valence electrons. The zero-order valence-electron chi connectivity index (χ0n) is 10.3. The van der Waals surface area contributed by atoms with Crippen molar-refractivity contribution in [3.8, 4) is 0 Å². The summed E-state index contributed by atoms with van der Waals surface area (Å²) in [7, 11) is 0. The van der Waals surface area contributed by atoms with Gasteiger partial charge in [0.1, 0.15) is 0 Å². The number of nitrogens with zero attached hydrogens (tertiary/aromatic N) is 1. The second kappa shape index (κ2) is 6.26. The second-order valence-electron chi connectivity index (χ2n) is 4.12. The molecule has 7 heteroatoms. The Labute approximate surface area is 134 Å². The van der Waals surface area contributed by atoms with Crippen molar-refractivity contribution in [2.24, 2.45) is 0 Å². The molecule has 2 heterocycles. The molecule has 0 saturated heterocycles. The summed E-state index contributed by atoms with van der Waals surface area (Å²) in [6.45, 7) is 0. The van der Waals surface area contributed by atoms with Crippen molar-refractivity contribution in [2.75, 3.05) is 10.6 Å². The minimum absolute atomic E-state index is 0.623. The normalized spacial score (nSPS) is 11.1. The smallest absolute Gasteiger partial charge is 0.193 e. The highest BCUT2D eigenvalue weighted by molar-refractivity contribution is 8.01. The number of halogens is 2. The number of alkyl halides is 1. The predicted octanol–water partition coefficient (Wildman–Crippen LogP) is 5.18. The van der Waals surface area contributed by atoms with Gasteiger partial charge in [-0.25, -0.2) is 4.98 Å². The Morgan fingerprint density at radius 1 is 1.40 bits per heavy atom. The van der Waals surface area contributed by atoms with E-state index in [4.69, 9.17) is 23.2 Å². The van der Waals surface area contributed by atoms with E-state index in [0.717, 1.165) is 32.4 Å². The summed E-state index contributed by atoms with van der Waals surface area (Å²) >= 11 is 14.9. The van der Waals surface area contributed by atoms with Crippen LogP contribution in [0.15, 0.2) is 35.5 Å². The molecule has 0 spiro atoms. The highest BCUT2D eigenvalue weighted by Gasteiger charge is 2.07. The molecule has 2 N–H and O–H groups in total. The number of rotatable bonds is 5. The fourth-order valence-electron chi connectivity index (χ4n) is 1.82. The summed E-state index contributed by atoms with van der Waals surface area (Å²) < 4.78 is 3.26. The Bertz CT molecular complexity index is 723. The highest BCUT2D eigenvalue weighted by atomic mass is 35.5. The fourth-order valence-corrected chi connectivity index (χ4v) is 3.92.